The fourth-order valence-corrected chi connectivity index (χ4v) is 5.44. The first-order valence-corrected chi connectivity index (χ1v) is 11.5. The topological polar surface area (TPSA) is 149 Å². The summed E-state index contributed by atoms with van der Waals surface area (Å²) in [7, 11) is -2.60. The number of benzene rings is 1. The Hall–Kier alpha value is -3.25. The number of hydrogen-bond donors (Lipinski definition) is 1. The number of sulfonamides is 1. The van der Waals surface area contributed by atoms with Gasteiger partial charge in [-0.3, -0.25) is 14.4 Å². The monoisotopic (exact) mass is 463 g/mol. The number of nitrogens with one attached hydrogen (secondary N) is 1. The minimum atomic E-state index is -3.92. The Morgan fingerprint density at radius 1 is 1.22 bits per heavy atom. The van der Waals surface area contributed by atoms with Crippen molar-refractivity contribution in [3.63, 3.8) is 0 Å². The highest BCUT2D eigenvalue weighted by Gasteiger charge is 2.33. The lowest BCUT2D eigenvalue weighted by Crippen LogP contribution is -2.40. The molecule has 0 saturated carbocycles. The van der Waals surface area contributed by atoms with Crippen LogP contribution in [0.4, 0.5) is 0 Å². The number of nitrogens with zero attached hydrogens (tertiary/aromatic N) is 2. The number of aromatic amines is 1. The molecule has 0 radical (unpaired) electrons. The van der Waals surface area contributed by atoms with Gasteiger partial charge in [-0.15, -0.1) is 0 Å². The standard InChI is InChI=1S/C20H21N3O8S/c1-3-30-19(26)11-6-8-23(9-7-11)32(28,29)12-4-5-14-13(10-12)16-15(20(27)31-14)21-17(24)18(25)22(16)2/h4-5,10-11H,3,6-9H2,1-2H3,(H,21,24). The van der Waals surface area contributed by atoms with Gasteiger partial charge in [0, 0.05) is 25.5 Å². The van der Waals surface area contributed by atoms with Crippen LogP contribution in [0, 0.1) is 5.92 Å². The molecule has 12 heteroatoms. The molecule has 1 aromatic carbocycles. The normalized spacial score (nSPS) is 15.9. The smallest absolute Gasteiger partial charge is 0.362 e. The summed E-state index contributed by atoms with van der Waals surface area (Å²) in [6, 6.07) is 3.96. The highest BCUT2D eigenvalue weighted by molar-refractivity contribution is 7.89. The van der Waals surface area contributed by atoms with E-state index in [1.165, 1.54) is 29.6 Å². The first-order valence-electron chi connectivity index (χ1n) is 10.0. The summed E-state index contributed by atoms with van der Waals surface area (Å²) in [6.45, 7) is 2.29. The number of aromatic nitrogens is 2. The largest absolute Gasteiger partial charge is 0.466 e. The van der Waals surface area contributed by atoms with Crippen molar-refractivity contribution < 1.29 is 22.4 Å². The Morgan fingerprint density at radius 2 is 1.91 bits per heavy atom. The van der Waals surface area contributed by atoms with Crippen molar-refractivity contribution in [1.29, 1.82) is 0 Å². The van der Waals surface area contributed by atoms with Gasteiger partial charge in [-0.25, -0.2) is 13.2 Å². The fraction of sp³-hybridized carbons (Fsp3) is 0.400. The third-order valence-corrected chi connectivity index (χ3v) is 7.53. The highest BCUT2D eigenvalue weighted by Crippen LogP contribution is 2.28. The van der Waals surface area contributed by atoms with E-state index >= 15 is 0 Å². The number of ether oxygens (including phenoxy) is 1. The van der Waals surface area contributed by atoms with Gasteiger partial charge in [-0.2, -0.15) is 4.31 Å². The fourth-order valence-electron chi connectivity index (χ4n) is 3.95. The molecule has 0 amide bonds. The minimum Gasteiger partial charge on any atom is -0.466 e. The lowest BCUT2D eigenvalue weighted by atomic mass is 9.98. The van der Waals surface area contributed by atoms with Crippen LogP contribution in [0.1, 0.15) is 19.8 Å². The lowest BCUT2D eigenvalue weighted by molar-refractivity contribution is -0.149. The quantitative estimate of drug-likeness (QED) is 0.251. The molecule has 1 N–H and O–H groups in total. The molecule has 1 aliphatic rings. The van der Waals surface area contributed by atoms with Crippen LogP contribution in [0.3, 0.4) is 0 Å². The summed E-state index contributed by atoms with van der Waals surface area (Å²) < 4.78 is 39.0. The van der Waals surface area contributed by atoms with Crippen LogP contribution in [-0.2, 0) is 26.6 Å². The maximum Gasteiger partial charge on any atom is 0.362 e. The molecule has 0 atom stereocenters. The predicted molar refractivity (Wildman–Crippen MR) is 114 cm³/mol. The van der Waals surface area contributed by atoms with Crippen LogP contribution in [0.2, 0.25) is 0 Å². The van der Waals surface area contributed by atoms with Gasteiger partial charge in [-0.1, -0.05) is 0 Å². The SMILES string of the molecule is CCOC(=O)C1CCN(S(=O)(=O)c2ccc3oc(=O)c4[nH]c(=O)c(=O)n(C)c4c3c2)CC1. The maximum atomic E-state index is 13.2. The third-order valence-electron chi connectivity index (χ3n) is 5.63. The molecule has 0 unspecified atom stereocenters. The second-order valence-corrected chi connectivity index (χ2v) is 9.46. The van der Waals surface area contributed by atoms with Crippen molar-refractivity contribution in [1.82, 2.24) is 13.9 Å². The Balaban J connectivity index is 1.78. The second-order valence-electron chi connectivity index (χ2n) is 7.52. The number of esters is 1. The van der Waals surface area contributed by atoms with Crippen molar-refractivity contribution in [3.05, 3.63) is 49.3 Å². The zero-order chi connectivity index (χ0) is 23.2. The first kappa shape index (κ1) is 22.0. The molecule has 0 aliphatic carbocycles. The highest BCUT2D eigenvalue weighted by atomic mass is 32.2. The molecule has 32 heavy (non-hydrogen) atoms. The number of aryl methyl sites for hydroxylation is 1. The van der Waals surface area contributed by atoms with Gasteiger partial charge in [0.2, 0.25) is 10.0 Å². The van der Waals surface area contributed by atoms with Crippen molar-refractivity contribution in [2.24, 2.45) is 13.0 Å². The summed E-state index contributed by atoms with van der Waals surface area (Å²) >= 11 is 0. The van der Waals surface area contributed by atoms with Crippen molar-refractivity contribution >= 4 is 38.0 Å². The first-order chi connectivity index (χ1) is 15.1. The molecule has 2 aromatic heterocycles. The zero-order valence-corrected chi connectivity index (χ0v) is 18.2. The second kappa shape index (κ2) is 8.02. The third kappa shape index (κ3) is 3.54. The molecule has 170 valence electrons. The van der Waals surface area contributed by atoms with Crippen molar-refractivity contribution in [2.45, 2.75) is 24.7 Å². The summed E-state index contributed by atoms with van der Waals surface area (Å²) in [4.78, 5) is 50.2. The van der Waals surface area contributed by atoms with E-state index in [-0.39, 0.29) is 58.5 Å². The van der Waals surface area contributed by atoms with Crippen LogP contribution < -0.4 is 16.7 Å². The van der Waals surface area contributed by atoms with Crippen molar-refractivity contribution in [3.8, 4) is 0 Å². The molecule has 3 aromatic rings. The van der Waals surface area contributed by atoms with Gasteiger partial charge < -0.3 is 18.7 Å². The van der Waals surface area contributed by atoms with Crippen LogP contribution in [0.15, 0.2) is 41.9 Å². The molecule has 1 saturated heterocycles. The van der Waals surface area contributed by atoms with Gasteiger partial charge in [0.1, 0.15) is 5.58 Å². The van der Waals surface area contributed by atoms with Gasteiger partial charge in [0.25, 0.3) is 0 Å². The molecule has 0 spiro atoms. The molecule has 1 fully saturated rings. The average Bonchev–Trinajstić information content (AvgIpc) is 2.77. The predicted octanol–water partition coefficient (Wildman–Crippen LogP) is 0.297. The Labute approximate surface area is 181 Å². The van der Waals surface area contributed by atoms with Crippen LogP contribution in [-0.4, -0.2) is 47.9 Å². The number of piperidine rings is 1. The van der Waals surface area contributed by atoms with E-state index in [1.54, 1.807) is 6.92 Å². The summed E-state index contributed by atoms with van der Waals surface area (Å²) in [5.74, 6) is -0.672. The molecule has 3 heterocycles. The van der Waals surface area contributed by atoms with Crippen LogP contribution >= 0.6 is 0 Å². The van der Waals surface area contributed by atoms with E-state index in [9.17, 15) is 27.6 Å². The Bertz CT molecular complexity index is 1510. The maximum absolute atomic E-state index is 13.2. The molecule has 4 rings (SSSR count). The van der Waals surface area contributed by atoms with Gasteiger partial charge >= 0.3 is 22.7 Å². The number of hydrogen-bond acceptors (Lipinski definition) is 8. The number of rotatable bonds is 4. The molecule has 0 bridgehead atoms. The number of fused-ring (bicyclic) bond motifs is 3. The molecular formula is C20H21N3O8S. The summed E-state index contributed by atoms with van der Waals surface area (Å²) in [6.07, 6.45) is 0.693. The molecule has 1 aliphatic heterocycles. The summed E-state index contributed by atoms with van der Waals surface area (Å²) in [5.41, 5.74) is -2.81. The Kier molecular flexibility index (Phi) is 5.51. The van der Waals surface area contributed by atoms with E-state index in [2.05, 4.69) is 4.98 Å². The average molecular weight is 463 g/mol. The van der Waals surface area contributed by atoms with Gasteiger partial charge in [0.15, 0.2) is 5.52 Å². The minimum absolute atomic E-state index is 0.0617. The van der Waals surface area contributed by atoms with Gasteiger partial charge in [-0.05, 0) is 38.0 Å². The van der Waals surface area contributed by atoms with E-state index in [1.807, 2.05) is 0 Å². The van der Waals surface area contributed by atoms with E-state index < -0.39 is 26.8 Å². The van der Waals surface area contributed by atoms with Crippen molar-refractivity contribution in [2.75, 3.05) is 19.7 Å². The van der Waals surface area contributed by atoms with Crippen LogP contribution in [0.25, 0.3) is 22.0 Å². The van der Waals surface area contributed by atoms with E-state index in [0.29, 0.717) is 12.8 Å². The van der Waals surface area contributed by atoms with E-state index in [0.717, 1.165) is 4.57 Å². The molecule has 11 nitrogen and oxygen atoms in total. The van der Waals surface area contributed by atoms with Gasteiger partial charge in [0.05, 0.1) is 22.9 Å². The van der Waals surface area contributed by atoms with E-state index in [4.69, 9.17) is 9.15 Å². The Morgan fingerprint density at radius 3 is 2.56 bits per heavy atom. The number of carbonyl (C=O) groups excluding carboxylic acids is 1. The zero-order valence-electron chi connectivity index (χ0n) is 17.4. The van der Waals surface area contributed by atoms with Crippen LogP contribution in [0.5, 0.6) is 0 Å². The molecular weight excluding hydrogens is 442 g/mol. The number of H-pyrrole nitrogens is 1. The number of carbonyl (C=O) groups is 1. The lowest BCUT2D eigenvalue weighted by Gasteiger charge is -2.30. The summed E-state index contributed by atoms with van der Waals surface area (Å²) in [5, 5.41) is 0.193.